The maximum Gasteiger partial charge on any atom is 0.328 e. The monoisotopic (exact) mass is 236 g/mol. The van der Waals surface area contributed by atoms with Crippen molar-refractivity contribution in [3.05, 3.63) is 35.4 Å². The summed E-state index contributed by atoms with van der Waals surface area (Å²) < 4.78 is 5.40. The van der Waals surface area contributed by atoms with Crippen molar-refractivity contribution in [3.8, 4) is 5.75 Å². The normalized spacial score (nSPS) is 12.6. The molecule has 4 heteroatoms. The van der Waals surface area contributed by atoms with Gasteiger partial charge >= 0.3 is 5.97 Å². The van der Waals surface area contributed by atoms with E-state index in [9.17, 15) is 9.90 Å². The van der Waals surface area contributed by atoms with Crippen molar-refractivity contribution in [2.24, 2.45) is 0 Å². The van der Waals surface area contributed by atoms with E-state index < -0.39 is 12.1 Å². The second kappa shape index (κ2) is 6.06. The van der Waals surface area contributed by atoms with E-state index in [0.717, 1.165) is 6.08 Å². The third kappa shape index (κ3) is 3.60. The first-order chi connectivity index (χ1) is 8.06. The Hall–Kier alpha value is -1.81. The molecule has 2 N–H and O–H groups in total. The van der Waals surface area contributed by atoms with Crippen LogP contribution in [0.2, 0.25) is 0 Å². The van der Waals surface area contributed by atoms with Crippen molar-refractivity contribution >= 4 is 12.0 Å². The summed E-state index contributed by atoms with van der Waals surface area (Å²) in [5.74, 6) is -0.446. The molecule has 0 saturated heterocycles. The second-order valence-electron chi connectivity index (χ2n) is 3.54. The van der Waals surface area contributed by atoms with Crippen molar-refractivity contribution in [2.45, 2.75) is 20.0 Å². The van der Waals surface area contributed by atoms with Gasteiger partial charge in [-0.25, -0.2) is 4.79 Å². The zero-order valence-electron chi connectivity index (χ0n) is 9.88. The van der Waals surface area contributed by atoms with E-state index in [1.165, 1.54) is 6.08 Å². The summed E-state index contributed by atoms with van der Waals surface area (Å²) in [6.45, 7) is 3.97. The lowest BCUT2D eigenvalue weighted by atomic mass is 10.0. The van der Waals surface area contributed by atoms with Crippen molar-refractivity contribution in [3.63, 3.8) is 0 Å². The van der Waals surface area contributed by atoms with Gasteiger partial charge in [0.05, 0.1) is 12.7 Å². The number of aliphatic hydroxyl groups excluding tert-OH is 1. The van der Waals surface area contributed by atoms with Gasteiger partial charge in [-0.05, 0) is 31.6 Å². The Kier molecular flexibility index (Phi) is 4.72. The van der Waals surface area contributed by atoms with E-state index in [0.29, 0.717) is 23.5 Å². The third-order valence-corrected chi connectivity index (χ3v) is 2.22. The number of hydrogen-bond donors (Lipinski definition) is 2. The number of aliphatic carboxylic acids is 1. The molecule has 0 heterocycles. The maximum absolute atomic E-state index is 10.5. The van der Waals surface area contributed by atoms with E-state index >= 15 is 0 Å². The smallest absolute Gasteiger partial charge is 0.328 e. The summed E-state index contributed by atoms with van der Waals surface area (Å²) in [5, 5.41) is 18.3. The number of hydrogen-bond acceptors (Lipinski definition) is 3. The van der Waals surface area contributed by atoms with E-state index in [4.69, 9.17) is 9.84 Å². The van der Waals surface area contributed by atoms with Gasteiger partial charge in [-0.3, -0.25) is 0 Å². The number of benzene rings is 1. The molecule has 1 unspecified atom stereocenters. The number of carboxylic acid groups (broad SMARTS) is 1. The number of carbonyl (C=O) groups is 1. The SMILES string of the molecule is CCOc1cccc(/C=C/C(=O)O)c1C(C)O. The molecule has 0 aliphatic heterocycles. The minimum Gasteiger partial charge on any atom is -0.493 e. The van der Waals surface area contributed by atoms with Gasteiger partial charge in [0.2, 0.25) is 0 Å². The van der Waals surface area contributed by atoms with Gasteiger partial charge in [-0.15, -0.1) is 0 Å². The highest BCUT2D eigenvalue weighted by molar-refractivity contribution is 5.85. The summed E-state index contributed by atoms with van der Waals surface area (Å²) in [7, 11) is 0. The van der Waals surface area contributed by atoms with Crippen LogP contribution in [-0.2, 0) is 4.79 Å². The van der Waals surface area contributed by atoms with Crippen LogP contribution < -0.4 is 4.74 Å². The highest BCUT2D eigenvalue weighted by Gasteiger charge is 2.12. The van der Waals surface area contributed by atoms with E-state index in [2.05, 4.69) is 0 Å². The number of aliphatic hydroxyl groups is 1. The average molecular weight is 236 g/mol. The Labute approximate surface area is 100 Å². The number of ether oxygens (including phenoxy) is 1. The van der Waals surface area contributed by atoms with Crippen LogP contribution in [0.15, 0.2) is 24.3 Å². The Bertz CT molecular complexity index is 421. The van der Waals surface area contributed by atoms with Gasteiger partial charge in [-0.1, -0.05) is 12.1 Å². The summed E-state index contributed by atoms with van der Waals surface area (Å²) in [5.41, 5.74) is 1.25. The lowest BCUT2D eigenvalue weighted by Gasteiger charge is -2.15. The first kappa shape index (κ1) is 13.3. The van der Waals surface area contributed by atoms with Crippen LogP contribution in [0.3, 0.4) is 0 Å². The van der Waals surface area contributed by atoms with Gasteiger partial charge < -0.3 is 14.9 Å². The number of rotatable bonds is 5. The van der Waals surface area contributed by atoms with Crippen LogP contribution in [0.5, 0.6) is 5.75 Å². The van der Waals surface area contributed by atoms with Crippen molar-refractivity contribution in [1.82, 2.24) is 0 Å². The third-order valence-electron chi connectivity index (χ3n) is 2.22. The fourth-order valence-electron chi connectivity index (χ4n) is 1.60. The van der Waals surface area contributed by atoms with Crippen molar-refractivity contribution in [2.75, 3.05) is 6.61 Å². The molecule has 1 aromatic rings. The largest absolute Gasteiger partial charge is 0.493 e. The Morgan fingerprint density at radius 1 is 1.53 bits per heavy atom. The molecule has 0 amide bonds. The van der Waals surface area contributed by atoms with Crippen LogP contribution in [-0.4, -0.2) is 22.8 Å². The van der Waals surface area contributed by atoms with Crippen LogP contribution >= 0.6 is 0 Å². The molecule has 92 valence electrons. The van der Waals surface area contributed by atoms with Crippen molar-refractivity contribution in [1.29, 1.82) is 0 Å². The summed E-state index contributed by atoms with van der Waals surface area (Å²) in [4.78, 5) is 10.5. The first-order valence-electron chi connectivity index (χ1n) is 5.41. The first-order valence-corrected chi connectivity index (χ1v) is 5.41. The van der Waals surface area contributed by atoms with Gasteiger partial charge in [0.25, 0.3) is 0 Å². The lowest BCUT2D eigenvalue weighted by molar-refractivity contribution is -0.131. The summed E-state index contributed by atoms with van der Waals surface area (Å²) in [6, 6.07) is 5.26. The highest BCUT2D eigenvalue weighted by atomic mass is 16.5. The van der Waals surface area contributed by atoms with Crippen LogP contribution in [0, 0.1) is 0 Å². The maximum atomic E-state index is 10.5. The Morgan fingerprint density at radius 2 is 2.24 bits per heavy atom. The minimum absolute atomic E-state index is 0.492. The molecule has 0 aliphatic carbocycles. The van der Waals surface area contributed by atoms with Gasteiger partial charge in [-0.2, -0.15) is 0 Å². The van der Waals surface area contributed by atoms with Gasteiger partial charge in [0.1, 0.15) is 5.75 Å². The molecule has 4 nitrogen and oxygen atoms in total. The van der Waals surface area contributed by atoms with Crippen LogP contribution in [0.25, 0.3) is 6.08 Å². The zero-order valence-corrected chi connectivity index (χ0v) is 9.88. The molecular weight excluding hydrogens is 220 g/mol. The summed E-state index contributed by atoms with van der Waals surface area (Å²) in [6.07, 6.45) is 1.77. The summed E-state index contributed by atoms with van der Waals surface area (Å²) >= 11 is 0. The van der Waals surface area contributed by atoms with E-state index in [1.54, 1.807) is 25.1 Å². The van der Waals surface area contributed by atoms with E-state index in [-0.39, 0.29) is 0 Å². The molecule has 0 bridgehead atoms. The molecule has 0 saturated carbocycles. The van der Waals surface area contributed by atoms with Crippen LogP contribution in [0.4, 0.5) is 0 Å². The Morgan fingerprint density at radius 3 is 2.76 bits per heavy atom. The quantitative estimate of drug-likeness (QED) is 0.769. The molecule has 17 heavy (non-hydrogen) atoms. The molecule has 1 aromatic carbocycles. The highest BCUT2D eigenvalue weighted by Crippen LogP contribution is 2.29. The van der Waals surface area contributed by atoms with E-state index in [1.807, 2.05) is 6.92 Å². The lowest BCUT2D eigenvalue weighted by Crippen LogP contribution is -2.02. The standard InChI is InChI=1S/C13H16O4/c1-3-17-11-6-4-5-10(7-8-12(15)16)13(11)9(2)14/h4-9,14H,3H2,1-2H3,(H,15,16)/b8-7+. The predicted octanol–water partition coefficient (Wildman–Crippen LogP) is 2.24. The average Bonchev–Trinajstić information content (AvgIpc) is 2.26. The molecule has 0 aromatic heterocycles. The zero-order chi connectivity index (χ0) is 12.8. The molecule has 0 radical (unpaired) electrons. The fraction of sp³-hybridized carbons (Fsp3) is 0.308. The molecule has 0 fully saturated rings. The van der Waals surface area contributed by atoms with Gasteiger partial charge in [0.15, 0.2) is 0 Å². The topological polar surface area (TPSA) is 66.8 Å². The van der Waals surface area contributed by atoms with Gasteiger partial charge in [0, 0.05) is 11.6 Å². The molecule has 0 spiro atoms. The second-order valence-corrected chi connectivity index (χ2v) is 3.54. The number of carboxylic acids is 1. The molecule has 0 aliphatic rings. The van der Waals surface area contributed by atoms with Crippen molar-refractivity contribution < 1.29 is 19.7 Å². The van der Waals surface area contributed by atoms with Crippen LogP contribution in [0.1, 0.15) is 31.1 Å². The predicted molar refractivity (Wildman–Crippen MR) is 64.9 cm³/mol. The molecule has 1 rings (SSSR count). The Balaban J connectivity index is 3.19. The molecular formula is C13H16O4. The fourth-order valence-corrected chi connectivity index (χ4v) is 1.60. The molecule has 1 atom stereocenters. The minimum atomic E-state index is -1.02.